The molecule has 0 atom stereocenters. The first-order chi connectivity index (χ1) is 16.6. The topological polar surface area (TPSA) is 75.2 Å². The van der Waals surface area contributed by atoms with Crippen molar-refractivity contribution >= 4 is 32.1 Å². The van der Waals surface area contributed by atoms with Crippen LogP contribution in [0.3, 0.4) is 0 Å². The number of benzene rings is 2. The number of alkyl halides is 3. The summed E-state index contributed by atoms with van der Waals surface area (Å²) in [5.41, 5.74) is 2.24. The maximum absolute atomic E-state index is 13.4. The smallest absolute Gasteiger partial charge is 0.382 e. The van der Waals surface area contributed by atoms with Crippen LogP contribution in [0.4, 0.5) is 24.5 Å². The summed E-state index contributed by atoms with van der Waals surface area (Å²) >= 11 is 0. The minimum absolute atomic E-state index is 0.186. The van der Waals surface area contributed by atoms with E-state index >= 15 is 0 Å². The molecule has 3 N–H and O–H groups in total. The fourth-order valence-electron chi connectivity index (χ4n) is 4.15. The second kappa shape index (κ2) is 10.2. The number of anilines is 2. The first kappa shape index (κ1) is 24.9. The van der Waals surface area contributed by atoms with Crippen molar-refractivity contribution in [1.29, 1.82) is 0 Å². The number of piperidine rings is 1. The average molecular weight is 505 g/mol. The fourth-order valence-corrected chi connectivity index (χ4v) is 4.78. The van der Waals surface area contributed by atoms with E-state index in [-0.39, 0.29) is 23.2 Å². The molecular weight excluding hydrogens is 477 g/mol. The predicted octanol–water partition coefficient (Wildman–Crippen LogP) is 4.23. The zero-order chi connectivity index (χ0) is 25.1. The monoisotopic (exact) mass is 504 g/mol. The van der Waals surface area contributed by atoms with Crippen LogP contribution in [0.5, 0.6) is 0 Å². The summed E-state index contributed by atoms with van der Waals surface area (Å²) in [5.74, 6) is 5.77. The van der Waals surface area contributed by atoms with Gasteiger partial charge in [0.2, 0.25) is 0 Å². The molecule has 0 unspecified atom stereocenters. The van der Waals surface area contributed by atoms with Crippen LogP contribution in [0.2, 0.25) is 0 Å². The number of hydrogen-bond donors (Lipinski definition) is 3. The van der Waals surface area contributed by atoms with Gasteiger partial charge in [-0.1, -0.05) is 12.0 Å². The number of sulfone groups is 1. The van der Waals surface area contributed by atoms with Crippen molar-refractivity contribution in [2.75, 3.05) is 36.5 Å². The Morgan fingerprint density at radius 2 is 1.83 bits per heavy atom. The van der Waals surface area contributed by atoms with Crippen LogP contribution in [0.15, 0.2) is 53.4 Å². The third-order valence-corrected chi connectivity index (χ3v) is 6.99. The summed E-state index contributed by atoms with van der Waals surface area (Å²) in [6.07, 6.45) is -1.36. The molecule has 10 heteroatoms. The van der Waals surface area contributed by atoms with Crippen LogP contribution in [-0.2, 0) is 16.4 Å². The first-order valence-electron chi connectivity index (χ1n) is 11.3. The number of nitrogens with one attached hydrogen (secondary N) is 3. The van der Waals surface area contributed by atoms with Gasteiger partial charge in [0.15, 0.2) is 9.84 Å². The minimum Gasteiger partial charge on any atom is -0.382 e. The van der Waals surface area contributed by atoms with Crippen molar-refractivity contribution in [2.45, 2.75) is 36.5 Å². The van der Waals surface area contributed by atoms with Gasteiger partial charge < -0.3 is 20.5 Å². The van der Waals surface area contributed by atoms with Gasteiger partial charge in [-0.25, -0.2) is 8.42 Å². The van der Waals surface area contributed by atoms with E-state index in [1.807, 2.05) is 6.07 Å². The molecule has 1 fully saturated rings. The SMILES string of the molecule is CS(=O)(=O)c1ccc(NCC#Cc2cc3c(NC4CCNCC4)cccc3n2CC(F)(F)F)cc1. The largest absolute Gasteiger partial charge is 0.406 e. The Labute approximate surface area is 202 Å². The number of fused-ring (bicyclic) bond motifs is 1. The van der Waals surface area contributed by atoms with Gasteiger partial charge in [-0.05, 0) is 74.3 Å². The average Bonchev–Trinajstić information content (AvgIpc) is 3.14. The molecule has 0 saturated carbocycles. The highest BCUT2D eigenvalue weighted by molar-refractivity contribution is 7.90. The Morgan fingerprint density at radius 3 is 2.49 bits per heavy atom. The summed E-state index contributed by atoms with van der Waals surface area (Å²) in [4.78, 5) is 0.208. The van der Waals surface area contributed by atoms with Crippen LogP contribution in [0.25, 0.3) is 10.9 Å². The van der Waals surface area contributed by atoms with E-state index in [2.05, 4.69) is 27.8 Å². The van der Waals surface area contributed by atoms with Crippen molar-refractivity contribution in [2.24, 2.45) is 0 Å². The minimum atomic E-state index is -4.39. The molecule has 186 valence electrons. The van der Waals surface area contributed by atoms with E-state index in [1.54, 1.807) is 30.3 Å². The van der Waals surface area contributed by atoms with Crippen LogP contribution < -0.4 is 16.0 Å². The van der Waals surface area contributed by atoms with Crippen molar-refractivity contribution in [3.05, 3.63) is 54.2 Å². The molecule has 0 amide bonds. The molecule has 4 rings (SSSR count). The van der Waals surface area contributed by atoms with Gasteiger partial charge in [0.1, 0.15) is 6.54 Å². The van der Waals surface area contributed by atoms with Gasteiger partial charge in [-0.2, -0.15) is 13.2 Å². The zero-order valence-corrected chi connectivity index (χ0v) is 20.1. The highest BCUT2D eigenvalue weighted by atomic mass is 32.2. The zero-order valence-electron chi connectivity index (χ0n) is 19.2. The molecule has 0 bridgehead atoms. The molecule has 1 saturated heterocycles. The lowest BCUT2D eigenvalue weighted by molar-refractivity contribution is -0.140. The maximum Gasteiger partial charge on any atom is 0.406 e. The molecule has 1 aromatic heterocycles. The van der Waals surface area contributed by atoms with Gasteiger partial charge in [0.25, 0.3) is 0 Å². The van der Waals surface area contributed by atoms with E-state index in [1.165, 1.54) is 16.7 Å². The van der Waals surface area contributed by atoms with Crippen molar-refractivity contribution < 1.29 is 21.6 Å². The van der Waals surface area contributed by atoms with Crippen molar-refractivity contribution in [1.82, 2.24) is 9.88 Å². The van der Waals surface area contributed by atoms with Crippen LogP contribution in [0.1, 0.15) is 18.5 Å². The second-order valence-electron chi connectivity index (χ2n) is 8.59. The van der Waals surface area contributed by atoms with Gasteiger partial charge in [-0.3, -0.25) is 0 Å². The molecular formula is C25H27F3N4O2S. The predicted molar refractivity (Wildman–Crippen MR) is 132 cm³/mol. The molecule has 0 aliphatic carbocycles. The van der Waals surface area contributed by atoms with Crippen molar-refractivity contribution in [3.63, 3.8) is 0 Å². The maximum atomic E-state index is 13.4. The number of halogens is 3. The normalized spacial score (nSPS) is 15.0. The van der Waals surface area contributed by atoms with Gasteiger partial charge in [0.05, 0.1) is 22.7 Å². The Balaban J connectivity index is 1.57. The highest BCUT2D eigenvalue weighted by Crippen LogP contribution is 2.31. The third-order valence-electron chi connectivity index (χ3n) is 5.86. The Kier molecular flexibility index (Phi) is 7.28. The third kappa shape index (κ3) is 6.50. The van der Waals surface area contributed by atoms with E-state index in [9.17, 15) is 21.6 Å². The van der Waals surface area contributed by atoms with E-state index < -0.39 is 22.6 Å². The summed E-state index contributed by atoms with van der Waals surface area (Å²) in [6, 6.07) is 13.5. The molecule has 0 spiro atoms. The Bertz CT molecular complexity index is 1350. The second-order valence-corrected chi connectivity index (χ2v) is 10.6. The van der Waals surface area contributed by atoms with Crippen LogP contribution >= 0.6 is 0 Å². The summed E-state index contributed by atoms with van der Waals surface area (Å²) < 4.78 is 64.5. The molecule has 2 heterocycles. The molecule has 2 aromatic carbocycles. The standard InChI is InChI=1S/C25H27F3N4O2S/c1-35(33,34)21-9-7-18(8-10-21)30-13-3-4-20-16-22-23(31-19-11-14-29-15-12-19)5-2-6-24(22)32(20)17-25(26,27)28/h2,5-10,16,19,29-31H,11-15,17H2,1H3. The van der Waals surface area contributed by atoms with E-state index in [0.717, 1.165) is 37.9 Å². The van der Waals surface area contributed by atoms with Crippen molar-refractivity contribution in [3.8, 4) is 11.8 Å². The van der Waals surface area contributed by atoms with Gasteiger partial charge in [0, 0.05) is 29.1 Å². The lowest BCUT2D eigenvalue weighted by atomic mass is 10.1. The van der Waals surface area contributed by atoms with Gasteiger partial charge in [-0.15, -0.1) is 0 Å². The summed E-state index contributed by atoms with van der Waals surface area (Å²) in [5, 5.41) is 10.6. The molecule has 1 aliphatic heterocycles. The molecule has 35 heavy (non-hydrogen) atoms. The van der Waals surface area contributed by atoms with Gasteiger partial charge >= 0.3 is 6.18 Å². The molecule has 3 aromatic rings. The highest BCUT2D eigenvalue weighted by Gasteiger charge is 2.30. The van der Waals surface area contributed by atoms with E-state index in [4.69, 9.17) is 0 Å². The number of rotatable bonds is 6. The number of nitrogens with zero attached hydrogens (tertiary/aromatic N) is 1. The quantitative estimate of drug-likeness (QED) is 0.438. The molecule has 6 nitrogen and oxygen atoms in total. The summed E-state index contributed by atoms with van der Waals surface area (Å²) in [7, 11) is -3.29. The fraction of sp³-hybridized carbons (Fsp3) is 0.360. The lowest BCUT2D eigenvalue weighted by Crippen LogP contribution is -2.35. The lowest BCUT2D eigenvalue weighted by Gasteiger charge is -2.25. The summed E-state index contributed by atoms with van der Waals surface area (Å²) in [6.45, 7) is 0.872. The van der Waals surface area contributed by atoms with Crippen LogP contribution in [-0.4, -0.2) is 51.1 Å². The Hall–Kier alpha value is -3.16. The number of aromatic nitrogens is 1. The number of hydrogen-bond acceptors (Lipinski definition) is 5. The Morgan fingerprint density at radius 1 is 1.11 bits per heavy atom. The molecule has 0 radical (unpaired) electrons. The van der Waals surface area contributed by atoms with E-state index in [0.29, 0.717) is 16.6 Å². The molecule has 1 aliphatic rings. The van der Waals surface area contributed by atoms with Crippen LogP contribution in [0, 0.1) is 11.8 Å². The first-order valence-corrected chi connectivity index (χ1v) is 13.2.